The number of phenols is 1. The summed E-state index contributed by atoms with van der Waals surface area (Å²) in [6.07, 6.45) is 3.83. The van der Waals surface area contributed by atoms with Gasteiger partial charge >= 0.3 is 0 Å². The number of benzene rings is 4. The van der Waals surface area contributed by atoms with E-state index in [1.54, 1.807) is 24.3 Å². The van der Waals surface area contributed by atoms with E-state index in [-0.39, 0.29) is 22.5 Å². The number of phenolic OH excluding ortho intramolecular Hbond substituents is 1. The Kier molecular flexibility index (Phi) is 8.38. The summed E-state index contributed by atoms with van der Waals surface area (Å²) in [5.74, 6) is -0.211. The number of para-hydroxylation sites is 2. The van der Waals surface area contributed by atoms with E-state index in [0.717, 1.165) is 36.6 Å². The van der Waals surface area contributed by atoms with Gasteiger partial charge in [0.1, 0.15) is 11.4 Å². The normalized spacial score (nSPS) is 11.7. The zero-order valence-electron chi connectivity index (χ0n) is 22.1. The quantitative estimate of drug-likeness (QED) is 0.188. The summed E-state index contributed by atoms with van der Waals surface area (Å²) in [6, 6.07) is 23.9. The van der Waals surface area contributed by atoms with Gasteiger partial charge in [0.05, 0.1) is 24.0 Å². The average Bonchev–Trinajstić information content (AvgIpc) is 2.93. The predicted molar refractivity (Wildman–Crippen MR) is 153 cm³/mol. The molecule has 7 heteroatoms. The van der Waals surface area contributed by atoms with Gasteiger partial charge in [-0.3, -0.25) is 4.79 Å². The number of fused-ring (bicyclic) bond motifs is 1. The fraction of sp³-hybridized carbons (Fsp3) is 0.258. The third-order valence-corrected chi connectivity index (χ3v) is 6.69. The summed E-state index contributed by atoms with van der Waals surface area (Å²) in [7, 11) is 1.53. The van der Waals surface area contributed by atoms with Gasteiger partial charge in [-0.05, 0) is 54.1 Å². The lowest BCUT2D eigenvalue weighted by atomic mass is 9.83. The van der Waals surface area contributed by atoms with Crippen LogP contribution < -0.4 is 15.8 Å². The molecular formula is C31H34N4O3. The summed E-state index contributed by atoms with van der Waals surface area (Å²) < 4.78 is 5.33. The highest BCUT2D eigenvalue weighted by atomic mass is 16.5. The molecule has 7 nitrogen and oxygen atoms in total. The highest BCUT2D eigenvalue weighted by molar-refractivity contribution is 6.12. The van der Waals surface area contributed by atoms with Crippen LogP contribution in [0.3, 0.4) is 0 Å². The first-order valence-corrected chi connectivity index (χ1v) is 12.9. The number of rotatable bonds is 10. The number of carbonyl (C=O) groups excluding carboxylic acids is 1. The van der Waals surface area contributed by atoms with Crippen molar-refractivity contribution in [3.8, 4) is 11.5 Å². The average molecular weight is 511 g/mol. The second-order valence-electron chi connectivity index (χ2n) is 9.40. The molecule has 0 radical (unpaired) electrons. The molecule has 4 N–H and O–H groups in total. The molecule has 0 aliphatic heterocycles. The molecule has 0 aromatic heterocycles. The molecule has 0 saturated carbocycles. The van der Waals surface area contributed by atoms with Crippen LogP contribution in [0.25, 0.3) is 10.8 Å². The first kappa shape index (κ1) is 26.8. The van der Waals surface area contributed by atoms with E-state index < -0.39 is 5.91 Å². The van der Waals surface area contributed by atoms with Crippen LogP contribution >= 0.6 is 0 Å². The van der Waals surface area contributed by atoms with Crippen molar-refractivity contribution in [2.75, 3.05) is 12.4 Å². The van der Waals surface area contributed by atoms with Crippen molar-refractivity contribution >= 4 is 33.7 Å². The number of amides is 1. The minimum Gasteiger partial charge on any atom is -0.505 e. The highest BCUT2D eigenvalue weighted by Gasteiger charge is 2.25. The summed E-state index contributed by atoms with van der Waals surface area (Å²) in [5.41, 5.74) is 8.86. The number of azo groups is 1. The van der Waals surface area contributed by atoms with Crippen LogP contribution in [-0.4, -0.2) is 18.1 Å². The van der Waals surface area contributed by atoms with Gasteiger partial charge in [0.2, 0.25) is 0 Å². The summed E-state index contributed by atoms with van der Waals surface area (Å²) in [6.45, 7) is 4.28. The molecule has 0 saturated heterocycles. The second kappa shape index (κ2) is 11.9. The Hall–Kier alpha value is -4.23. The molecule has 0 heterocycles. The van der Waals surface area contributed by atoms with Crippen LogP contribution in [0.5, 0.6) is 11.5 Å². The molecule has 0 aliphatic carbocycles. The molecule has 4 aromatic rings. The zero-order chi connectivity index (χ0) is 27.1. The topological polar surface area (TPSA) is 109 Å². The molecular weight excluding hydrogens is 476 g/mol. The fourth-order valence-corrected chi connectivity index (χ4v) is 4.80. The number of anilines is 1. The van der Waals surface area contributed by atoms with Gasteiger partial charge in [0.15, 0.2) is 5.75 Å². The molecule has 38 heavy (non-hydrogen) atoms. The Labute approximate surface area is 223 Å². The van der Waals surface area contributed by atoms with Gasteiger partial charge < -0.3 is 20.9 Å². The summed E-state index contributed by atoms with van der Waals surface area (Å²) in [4.78, 5) is 13.2. The number of aromatic hydroxyl groups is 1. The van der Waals surface area contributed by atoms with Crippen LogP contribution in [0, 0.1) is 0 Å². The van der Waals surface area contributed by atoms with Gasteiger partial charge in [-0.25, -0.2) is 0 Å². The van der Waals surface area contributed by atoms with Gasteiger partial charge in [-0.1, -0.05) is 75.2 Å². The van der Waals surface area contributed by atoms with Crippen molar-refractivity contribution in [1.82, 2.24) is 0 Å². The molecule has 0 atom stereocenters. The maximum absolute atomic E-state index is 13.2. The largest absolute Gasteiger partial charge is 0.505 e. The van der Waals surface area contributed by atoms with Crippen LogP contribution in [-0.2, 0) is 5.54 Å². The van der Waals surface area contributed by atoms with Gasteiger partial charge in [-0.15, -0.1) is 5.11 Å². The number of hydrogen-bond acceptors (Lipinski definition) is 6. The van der Waals surface area contributed by atoms with E-state index >= 15 is 0 Å². The van der Waals surface area contributed by atoms with E-state index in [2.05, 4.69) is 29.4 Å². The molecule has 196 valence electrons. The molecule has 0 spiro atoms. The van der Waals surface area contributed by atoms with Crippen molar-refractivity contribution in [1.29, 1.82) is 0 Å². The number of methoxy groups -OCH3 is 1. The lowest BCUT2D eigenvalue weighted by Crippen LogP contribution is -2.36. The Morgan fingerprint density at radius 3 is 2.29 bits per heavy atom. The van der Waals surface area contributed by atoms with Gasteiger partial charge in [0.25, 0.3) is 5.91 Å². The fourth-order valence-electron chi connectivity index (χ4n) is 4.80. The number of ether oxygens (including phenoxy) is 1. The third kappa shape index (κ3) is 5.68. The minimum absolute atomic E-state index is 0.0888. The lowest BCUT2D eigenvalue weighted by Gasteiger charge is -2.29. The Morgan fingerprint density at radius 1 is 0.947 bits per heavy atom. The first-order chi connectivity index (χ1) is 18.4. The van der Waals surface area contributed by atoms with E-state index in [4.69, 9.17) is 10.5 Å². The van der Waals surface area contributed by atoms with E-state index in [1.807, 2.05) is 54.6 Å². The summed E-state index contributed by atoms with van der Waals surface area (Å²) in [5, 5.41) is 24.2. The van der Waals surface area contributed by atoms with Crippen molar-refractivity contribution < 1.29 is 14.6 Å². The third-order valence-electron chi connectivity index (χ3n) is 6.69. The molecule has 4 aromatic carbocycles. The predicted octanol–water partition coefficient (Wildman–Crippen LogP) is 7.98. The standard InChI is InChI=1S/C31H34N4O3/c1-4-18-31(32,19-5-2)22-14-16-23(17-15-22)34-35-28-24-11-7-6-10-21(24)20-25(29(28)36)30(37)33-26-12-8-9-13-27(26)38-3/h6-17,20,36H,4-5,18-19,32H2,1-3H3,(H,33,37). The van der Waals surface area contributed by atoms with Crippen molar-refractivity contribution in [3.63, 3.8) is 0 Å². The number of nitrogens with one attached hydrogen (secondary N) is 1. The maximum atomic E-state index is 13.2. The van der Waals surface area contributed by atoms with E-state index in [9.17, 15) is 9.90 Å². The van der Waals surface area contributed by atoms with Crippen molar-refractivity contribution in [3.05, 3.63) is 90.0 Å². The molecule has 0 aliphatic rings. The highest BCUT2D eigenvalue weighted by Crippen LogP contribution is 2.40. The number of hydrogen-bond donors (Lipinski definition) is 3. The van der Waals surface area contributed by atoms with Crippen LogP contribution in [0.1, 0.15) is 55.5 Å². The van der Waals surface area contributed by atoms with E-state index in [1.165, 1.54) is 7.11 Å². The van der Waals surface area contributed by atoms with Crippen LogP contribution in [0.4, 0.5) is 17.1 Å². The SMILES string of the molecule is CCCC(N)(CCC)c1ccc(N=Nc2c(O)c(C(=O)Nc3ccccc3OC)cc3ccccc23)cc1. The molecule has 0 fully saturated rings. The number of nitrogens with two attached hydrogens (primary N) is 1. The van der Waals surface area contributed by atoms with Crippen LogP contribution in [0.15, 0.2) is 89.1 Å². The maximum Gasteiger partial charge on any atom is 0.259 e. The lowest BCUT2D eigenvalue weighted by molar-refractivity contribution is 0.102. The van der Waals surface area contributed by atoms with Gasteiger partial charge in [-0.2, -0.15) is 5.11 Å². The Morgan fingerprint density at radius 2 is 1.61 bits per heavy atom. The molecule has 1 amide bonds. The smallest absolute Gasteiger partial charge is 0.259 e. The second-order valence-corrected chi connectivity index (χ2v) is 9.40. The molecule has 0 unspecified atom stereocenters. The van der Waals surface area contributed by atoms with Gasteiger partial charge in [0, 0.05) is 10.9 Å². The minimum atomic E-state index is -0.482. The number of carbonyl (C=O) groups is 1. The molecule has 4 rings (SSSR count). The van der Waals surface area contributed by atoms with Crippen molar-refractivity contribution in [2.24, 2.45) is 16.0 Å². The first-order valence-electron chi connectivity index (χ1n) is 12.9. The summed E-state index contributed by atoms with van der Waals surface area (Å²) >= 11 is 0. The van der Waals surface area contributed by atoms with Crippen LogP contribution in [0.2, 0.25) is 0 Å². The Bertz CT molecular complexity index is 1440. The Balaban J connectivity index is 1.68. The molecule has 0 bridgehead atoms. The monoisotopic (exact) mass is 510 g/mol. The zero-order valence-corrected chi connectivity index (χ0v) is 22.1. The van der Waals surface area contributed by atoms with Crippen molar-refractivity contribution in [2.45, 2.75) is 45.1 Å². The number of nitrogens with zero attached hydrogens (tertiary/aromatic N) is 2. The van der Waals surface area contributed by atoms with E-state index in [0.29, 0.717) is 22.5 Å².